The highest BCUT2D eigenvalue weighted by Gasteiger charge is 2.58. The molecule has 4 unspecified atom stereocenters. The summed E-state index contributed by atoms with van der Waals surface area (Å²) in [5, 5.41) is 14.7. The van der Waals surface area contributed by atoms with Crippen molar-refractivity contribution in [2.45, 2.75) is 63.5 Å². The minimum Gasteiger partial charge on any atom is -0.393 e. The zero-order valence-corrected chi connectivity index (χ0v) is 21.1. The Morgan fingerprint density at radius 3 is 2.46 bits per heavy atom. The molecule has 6 atom stereocenters. The average Bonchev–Trinajstić information content (AvgIpc) is 2.87. The normalized spacial score (nSPS) is 36.2. The lowest BCUT2D eigenvalue weighted by atomic mass is 9.48. The Kier molecular flexibility index (Phi) is 6.08. The molecule has 35 heavy (non-hydrogen) atoms. The summed E-state index contributed by atoms with van der Waals surface area (Å²) in [4.78, 5) is 30.7. The number of piperidine rings is 1. The van der Waals surface area contributed by atoms with Gasteiger partial charge in [0.25, 0.3) is 0 Å². The van der Waals surface area contributed by atoms with Gasteiger partial charge in [0.05, 0.1) is 11.5 Å². The predicted octanol–water partition coefficient (Wildman–Crippen LogP) is 4.32. The van der Waals surface area contributed by atoms with Gasteiger partial charge < -0.3 is 20.2 Å². The topological polar surface area (TPSA) is 72.9 Å². The molecule has 188 valence electrons. The Morgan fingerprint density at radius 2 is 1.77 bits per heavy atom. The lowest BCUT2D eigenvalue weighted by Crippen LogP contribution is -2.61. The first kappa shape index (κ1) is 23.4. The van der Waals surface area contributed by atoms with Gasteiger partial charge in [-0.1, -0.05) is 29.8 Å². The molecule has 0 spiro atoms. The van der Waals surface area contributed by atoms with E-state index in [1.54, 1.807) is 0 Å². The van der Waals surface area contributed by atoms with Crippen LogP contribution in [0.1, 0.15) is 56.9 Å². The Balaban J connectivity index is 1.06. The summed E-state index contributed by atoms with van der Waals surface area (Å²) in [7, 11) is 0. The SMILES string of the molecule is O=C(N1CC=C(c2ccc(Cl)cc2)CC1)N1CCC[C@H](NC(=O)C23CC4CC(C2)C(O)[C@H](C4)C3)C1. The van der Waals surface area contributed by atoms with Crippen LogP contribution in [-0.2, 0) is 4.79 Å². The van der Waals surface area contributed by atoms with E-state index >= 15 is 0 Å². The number of nitrogens with one attached hydrogen (secondary N) is 1. The van der Waals surface area contributed by atoms with Crippen molar-refractivity contribution in [3.8, 4) is 0 Å². The lowest BCUT2D eigenvalue weighted by Gasteiger charge is -2.58. The molecule has 2 aliphatic heterocycles. The number of carbonyl (C=O) groups excluding carboxylic acids is 2. The van der Waals surface area contributed by atoms with Crippen molar-refractivity contribution in [2.75, 3.05) is 26.2 Å². The third-order valence-corrected chi connectivity index (χ3v) is 9.68. The van der Waals surface area contributed by atoms with Gasteiger partial charge in [0.15, 0.2) is 0 Å². The smallest absolute Gasteiger partial charge is 0.320 e. The average molecular weight is 498 g/mol. The third-order valence-electron chi connectivity index (χ3n) is 9.43. The van der Waals surface area contributed by atoms with E-state index in [0.717, 1.165) is 62.9 Å². The van der Waals surface area contributed by atoms with Crippen LogP contribution in [0.25, 0.3) is 5.57 Å². The van der Waals surface area contributed by atoms with Crippen molar-refractivity contribution in [1.29, 1.82) is 0 Å². The summed E-state index contributed by atoms with van der Waals surface area (Å²) in [6.45, 7) is 2.65. The molecule has 7 rings (SSSR count). The maximum absolute atomic E-state index is 13.5. The first-order chi connectivity index (χ1) is 16.9. The number of benzene rings is 1. The zero-order chi connectivity index (χ0) is 24.2. The zero-order valence-electron chi connectivity index (χ0n) is 20.3. The van der Waals surface area contributed by atoms with Gasteiger partial charge in [-0.15, -0.1) is 0 Å². The minimum absolute atomic E-state index is 0.0167. The molecule has 1 aromatic rings. The Morgan fingerprint density at radius 1 is 1.03 bits per heavy atom. The number of aliphatic hydroxyl groups excluding tert-OH is 1. The summed E-state index contributed by atoms with van der Waals surface area (Å²) < 4.78 is 0. The number of halogens is 1. The predicted molar refractivity (Wildman–Crippen MR) is 136 cm³/mol. The molecule has 4 saturated carbocycles. The second-order valence-electron chi connectivity index (χ2n) is 11.7. The van der Waals surface area contributed by atoms with Crippen LogP contribution in [0.15, 0.2) is 30.3 Å². The van der Waals surface area contributed by atoms with Gasteiger partial charge in [-0.3, -0.25) is 4.79 Å². The van der Waals surface area contributed by atoms with E-state index in [0.29, 0.717) is 37.4 Å². The molecule has 2 heterocycles. The molecule has 3 amide bonds. The van der Waals surface area contributed by atoms with Crippen molar-refractivity contribution >= 4 is 29.1 Å². The van der Waals surface area contributed by atoms with Crippen LogP contribution in [0, 0.1) is 23.2 Å². The van der Waals surface area contributed by atoms with Gasteiger partial charge in [-0.2, -0.15) is 0 Å². The van der Waals surface area contributed by atoms with Crippen molar-refractivity contribution in [1.82, 2.24) is 15.1 Å². The molecule has 0 radical (unpaired) electrons. The number of nitrogens with zero attached hydrogens (tertiary/aromatic N) is 2. The summed E-state index contributed by atoms with van der Waals surface area (Å²) in [5.74, 6) is 1.36. The Hall–Kier alpha value is -2.05. The molecule has 2 N–H and O–H groups in total. The molecule has 1 saturated heterocycles. The summed E-state index contributed by atoms with van der Waals surface area (Å²) >= 11 is 6.01. The highest BCUT2D eigenvalue weighted by molar-refractivity contribution is 6.30. The lowest BCUT2D eigenvalue weighted by molar-refractivity contribution is -0.163. The standard InChI is InChI=1S/C28H36ClN3O3/c29-23-5-3-19(4-6-23)20-7-10-31(11-8-20)27(35)32-9-1-2-24(17-32)30-26(34)28-14-18-12-21(15-28)25(33)22(13-18)16-28/h3-7,18,21-22,24-25,33H,1-2,8-17H2,(H,30,34)/t18?,21-,22?,24+,25?,28?/m1/s1. The number of amides is 3. The molecule has 4 aliphatic carbocycles. The third kappa shape index (κ3) is 4.37. The first-order valence-electron chi connectivity index (χ1n) is 13.4. The molecule has 1 aromatic carbocycles. The molecule has 6 nitrogen and oxygen atoms in total. The molecule has 6 aliphatic rings. The maximum atomic E-state index is 13.5. The van der Waals surface area contributed by atoms with E-state index in [1.165, 1.54) is 11.1 Å². The van der Waals surface area contributed by atoms with E-state index < -0.39 is 0 Å². The highest BCUT2D eigenvalue weighted by atomic mass is 35.5. The molecule has 0 aromatic heterocycles. The van der Waals surface area contributed by atoms with Crippen molar-refractivity contribution < 1.29 is 14.7 Å². The number of hydrogen-bond donors (Lipinski definition) is 2. The molecular weight excluding hydrogens is 462 g/mol. The van der Waals surface area contributed by atoms with Crippen molar-refractivity contribution in [3.63, 3.8) is 0 Å². The number of carbonyl (C=O) groups is 2. The molecule has 4 bridgehead atoms. The fraction of sp³-hybridized carbons (Fsp3) is 0.643. The van der Waals surface area contributed by atoms with Crippen LogP contribution in [0.5, 0.6) is 0 Å². The van der Waals surface area contributed by atoms with E-state index in [4.69, 9.17) is 11.6 Å². The van der Waals surface area contributed by atoms with E-state index in [9.17, 15) is 14.7 Å². The molecule has 7 heteroatoms. The summed E-state index contributed by atoms with van der Waals surface area (Å²) in [6, 6.07) is 7.98. The van der Waals surface area contributed by atoms with Gasteiger partial charge >= 0.3 is 6.03 Å². The second-order valence-corrected chi connectivity index (χ2v) is 12.2. The van der Waals surface area contributed by atoms with Gasteiger partial charge in [0, 0.05) is 37.2 Å². The van der Waals surface area contributed by atoms with Crippen LogP contribution in [0.3, 0.4) is 0 Å². The largest absolute Gasteiger partial charge is 0.393 e. The fourth-order valence-electron chi connectivity index (χ4n) is 7.85. The van der Waals surface area contributed by atoms with Crippen LogP contribution in [-0.4, -0.2) is 65.2 Å². The first-order valence-corrected chi connectivity index (χ1v) is 13.8. The Labute approximate surface area is 212 Å². The summed E-state index contributed by atoms with van der Waals surface area (Å²) in [6.07, 6.45) is 9.41. The van der Waals surface area contributed by atoms with Crippen LogP contribution in [0.2, 0.25) is 5.02 Å². The highest BCUT2D eigenvalue weighted by Crippen LogP contribution is 2.60. The summed E-state index contributed by atoms with van der Waals surface area (Å²) in [5.41, 5.74) is 2.13. The monoisotopic (exact) mass is 497 g/mol. The number of aliphatic hydroxyl groups is 1. The van der Waals surface area contributed by atoms with Gasteiger partial charge in [-0.05, 0) is 92.4 Å². The van der Waals surface area contributed by atoms with Gasteiger partial charge in [-0.25, -0.2) is 4.79 Å². The van der Waals surface area contributed by atoms with E-state index in [2.05, 4.69) is 11.4 Å². The van der Waals surface area contributed by atoms with Crippen LogP contribution >= 0.6 is 11.6 Å². The number of urea groups is 1. The second kappa shape index (κ2) is 9.11. The number of rotatable bonds is 3. The van der Waals surface area contributed by atoms with Crippen LogP contribution < -0.4 is 5.32 Å². The van der Waals surface area contributed by atoms with Crippen molar-refractivity contribution in [2.24, 2.45) is 23.2 Å². The van der Waals surface area contributed by atoms with Crippen molar-refractivity contribution in [3.05, 3.63) is 40.9 Å². The number of hydrogen-bond acceptors (Lipinski definition) is 3. The van der Waals surface area contributed by atoms with E-state index in [1.807, 2.05) is 34.1 Å². The quantitative estimate of drug-likeness (QED) is 0.653. The maximum Gasteiger partial charge on any atom is 0.320 e. The fourth-order valence-corrected chi connectivity index (χ4v) is 7.98. The van der Waals surface area contributed by atoms with Gasteiger partial charge in [0.1, 0.15) is 0 Å². The van der Waals surface area contributed by atoms with Crippen LogP contribution in [0.4, 0.5) is 4.79 Å². The van der Waals surface area contributed by atoms with E-state index in [-0.39, 0.29) is 29.5 Å². The Bertz CT molecular complexity index is 1010. The number of likely N-dealkylation sites (tertiary alicyclic amines) is 1. The molecular formula is C28H36ClN3O3. The molecule has 5 fully saturated rings. The minimum atomic E-state index is -0.294. The van der Waals surface area contributed by atoms with Gasteiger partial charge in [0.2, 0.25) is 5.91 Å².